The number of hydrogen-bond acceptors (Lipinski definition) is 6. The van der Waals surface area contributed by atoms with Crippen molar-refractivity contribution in [2.24, 2.45) is 5.73 Å². The quantitative estimate of drug-likeness (QED) is 0.766. The molecule has 0 bridgehead atoms. The Bertz CT molecular complexity index is 740. The highest BCUT2D eigenvalue weighted by molar-refractivity contribution is 7.13. The van der Waals surface area contributed by atoms with Gasteiger partial charge in [0.2, 0.25) is 0 Å². The first kappa shape index (κ1) is 17.8. The van der Waals surface area contributed by atoms with Gasteiger partial charge in [-0.25, -0.2) is 9.97 Å². The minimum absolute atomic E-state index is 0. The first-order valence-electron chi connectivity index (χ1n) is 6.85. The number of nitrogens with zero attached hydrogens (tertiary/aromatic N) is 5. The number of halogens is 2. The Kier molecular flexibility index (Phi) is 5.69. The first-order chi connectivity index (χ1) is 10.3. The molecule has 0 amide bonds. The van der Waals surface area contributed by atoms with E-state index in [2.05, 4.69) is 20.2 Å². The van der Waals surface area contributed by atoms with Crippen molar-refractivity contribution in [3.8, 4) is 16.6 Å². The van der Waals surface area contributed by atoms with E-state index in [1.807, 2.05) is 28.1 Å². The number of nitrogens with two attached hydrogens (primary N) is 1. The van der Waals surface area contributed by atoms with E-state index in [1.165, 1.54) is 0 Å². The maximum atomic E-state index is 5.91. The van der Waals surface area contributed by atoms with Crippen molar-refractivity contribution in [1.82, 2.24) is 24.7 Å². The van der Waals surface area contributed by atoms with Crippen molar-refractivity contribution in [1.29, 1.82) is 0 Å². The van der Waals surface area contributed by atoms with Crippen LogP contribution in [0.2, 0.25) is 0 Å². The van der Waals surface area contributed by atoms with Crippen LogP contribution >= 0.6 is 36.2 Å². The van der Waals surface area contributed by atoms with Gasteiger partial charge in [0.1, 0.15) is 11.6 Å². The molecule has 0 spiro atoms. The fraction of sp³-hybridized carbons (Fsp3) is 0.286. The van der Waals surface area contributed by atoms with Gasteiger partial charge in [-0.15, -0.1) is 46.3 Å². The molecule has 1 saturated carbocycles. The van der Waals surface area contributed by atoms with Crippen LogP contribution in [0.3, 0.4) is 0 Å². The lowest BCUT2D eigenvalue weighted by Gasteiger charge is -2.31. The molecular formula is C14H16Cl2N6S. The summed E-state index contributed by atoms with van der Waals surface area (Å²) in [6, 6.07) is 6.09. The second-order valence-corrected chi connectivity index (χ2v) is 6.07. The van der Waals surface area contributed by atoms with E-state index < -0.39 is 0 Å². The summed E-state index contributed by atoms with van der Waals surface area (Å²) < 4.78 is 2.01. The van der Waals surface area contributed by atoms with Crippen molar-refractivity contribution in [2.45, 2.75) is 24.8 Å². The Morgan fingerprint density at radius 2 is 1.91 bits per heavy atom. The molecule has 0 atom stereocenters. The highest BCUT2D eigenvalue weighted by Crippen LogP contribution is 2.37. The molecule has 1 fully saturated rings. The van der Waals surface area contributed by atoms with Gasteiger partial charge < -0.3 is 5.73 Å². The maximum Gasteiger partial charge on any atom is 0.198 e. The Morgan fingerprint density at radius 3 is 2.52 bits per heavy atom. The van der Waals surface area contributed by atoms with E-state index in [1.54, 1.807) is 23.7 Å². The van der Waals surface area contributed by atoms with E-state index in [4.69, 9.17) is 5.73 Å². The highest BCUT2D eigenvalue weighted by Gasteiger charge is 2.33. The van der Waals surface area contributed by atoms with Gasteiger partial charge in [-0.3, -0.25) is 4.57 Å². The molecule has 3 heterocycles. The SMILES string of the molecule is Cl.Cl.NC1CC(c2nnc(-c3nccs3)n2-c2ccccn2)C1. The molecule has 2 N–H and O–H groups in total. The normalized spacial score (nSPS) is 19.3. The van der Waals surface area contributed by atoms with Crippen LogP contribution < -0.4 is 5.73 Å². The van der Waals surface area contributed by atoms with Gasteiger partial charge in [-0.1, -0.05) is 6.07 Å². The van der Waals surface area contributed by atoms with E-state index in [0.29, 0.717) is 5.92 Å². The van der Waals surface area contributed by atoms with Gasteiger partial charge in [0.15, 0.2) is 10.8 Å². The minimum atomic E-state index is 0. The first-order valence-corrected chi connectivity index (χ1v) is 7.73. The lowest BCUT2D eigenvalue weighted by molar-refractivity contribution is 0.334. The van der Waals surface area contributed by atoms with Gasteiger partial charge in [0, 0.05) is 29.7 Å². The molecule has 3 aromatic rings. The Balaban J connectivity index is 0.000000960. The molecule has 4 rings (SSSR count). The summed E-state index contributed by atoms with van der Waals surface area (Å²) in [5.41, 5.74) is 5.91. The topological polar surface area (TPSA) is 82.5 Å². The molecule has 3 aromatic heterocycles. The number of thiazole rings is 1. The molecule has 122 valence electrons. The summed E-state index contributed by atoms with van der Waals surface area (Å²) in [7, 11) is 0. The summed E-state index contributed by atoms with van der Waals surface area (Å²) in [6.07, 6.45) is 5.44. The maximum absolute atomic E-state index is 5.91. The molecule has 6 nitrogen and oxygen atoms in total. The third kappa shape index (κ3) is 3.23. The molecule has 1 aliphatic rings. The van der Waals surface area contributed by atoms with E-state index in [-0.39, 0.29) is 30.9 Å². The predicted molar refractivity (Wildman–Crippen MR) is 94.7 cm³/mol. The molecule has 9 heteroatoms. The van der Waals surface area contributed by atoms with Crippen molar-refractivity contribution in [3.63, 3.8) is 0 Å². The monoisotopic (exact) mass is 370 g/mol. The summed E-state index contributed by atoms with van der Waals surface area (Å²) in [6.45, 7) is 0. The zero-order valence-corrected chi connectivity index (χ0v) is 14.5. The average molecular weight is 371 g/mol. The molecule has 0 aliphatic heterocycles. The van der Waals surface area contributed by atoms with Crippen LogP contribution in [0.1, 0.15) is 24.6 Å². The molecule has 1 aliphatic carbocycles. The summed E-state index contributed by atoms with van der Waals surface area (Å²) >= 11 is 1.55. The van der Waals surface area contributed by atoms with Gasteiger partial charge in [-0.2, -0.15) is 0 Å². The van der Waals surface area contributed by atoms with Gasteiger partial charge in [0.05, 0.1) is 0 Å². The van der Waals surface area contributed by atoms with Crippen molar-refractivity contribution >= 4 is 36.2 Å². The van der Waals surface area contributed by atoms with Crippen LogP contribution in [0.5, 0.6) is 0 Å². The summed E-state index contributed by atoms with van der Waals surface area (Å²) in [4.78, 5) is 8.79. The second kappa shape index (κ2) is 7.35. The number of rotatable bonds is 3. The predicted octanol–water partition coefficient (Wildman–Crippen LogP) is 2.83. The molecule has 0 unspecified atom stereocenters. The van der Waals surface area contributed by atoms with E-state index in [0.717, 1.165) is 35.3 Å². The lowest BCUT2D eigenvalue weighted by atomic mass is 9.80. The number of hydrogen-bond donors (Lipinski definition) is 1. The summed E-state index contributed by atoms with van der Waals surface area (Å²) in [5.74, 6) is 2.85. The Hall–Kier alpha value is -1.54. The van der Waals surface area contributed by atoms with Crippen LogP contribution in [-0.4, -0.2) is 30.8 Å². The third-order valence-electron chi connectivity index (χ3n) is 3.73. The fourth-order valence-electron chi connectivity index (χ4n) is 2.62. The van der Waals surface area contributed by atoms with Crippen LogP contribution in [0.15, 0.2) is 36.0 Å². The Morgan fingerprint density at radius 1 is 1.09 bits per heavy atom. The zero-order chi connectivity index (χ0) is 14.2. The van der Waals surface area contributed by atoms with Gasteiger partial charge >= 0.3 is 0 Å². The van der Waals surface area contributed by atoms with Gasteiger partial charge in [0.25, 0.3) is 0 Å². The van der Waals surface area contributed by atoms with Crippen LogP contribution in [0, 0.1) is 0 Å². The fourth-order valence-corrected chi connectivity index (χ4v) is 3.23. The lowest BCUT2D eigenvalue weighted by Crippen LogP contribution is -2.36. The zero-order valence-electron chi connectivity index (χ0n) is 12.1. The third-order valence-corrected chi connectivity index (χ3v) is 4.50. The van der Waals surface area contributed by atoms with Crippen LogP contribution in [0.25, 0.3) is 16.6 Å². The summed E-state index contributed by atoms with van der Waals surface area (Å²) in [5, 5.41) is 11.5. The van der Waals surface area contributed by atoms with E-state index >= 15 is 0 Å². The van der Waals surface area contributed by atoms with Crippen molar-refractivity contribution < 1.29 is 0 Å². The minimum Gasteiger partial charge on any atom is -0.328 e. The number of pyridine rings is 1. The molecule has 0 radical (unpaired) electrons. The van der Waals surface area contributed by atoms with E-state index in [9.17, 15) is 0 Å². The second-order valence-electron chi connectivity index (χ2n) is 5.17. The molecule has 0 saturated heterocycles. The average Bonchev–Trinajstić information content (AvgIpc) is 3.13. The Labute approximate surface area is 150 Å². The highest BCUT2D eigenvalue weighted by atomic mass is 35.5. The molecule has 0 aromatic carbocycles. The molecular weight excluding hydrogens is 355 g/mol. The number of aromatic nitrogens is 5. The standard InChI is InChI=1S/C14H14N6S.2ClH/c15-10-7-9(8-10)12-18-19-13(14-17-5-6-21-14)20(12)11-3-1-2-4-16-11;;/h1-6,9-10H,7-8,15H2;2*1H. The smallest absolute Gasteiger partial charge is 0.198 e. The largest absolute Gasteiger partial charge is 0.328 e. The van der Waals surface area contributed by atoms with Crippen molar-refractivity contribution in [2.75, 3.05) is 0 Å². The van der Waals surface area contributed by atoms with Gasteiger partial charge in [-0.05, 0) is 25.0 Å². The van der Waals surface area contributed by atoms with Crippen LogP contribution in [0.4, 0.5) is 0 Å². The van der Waals surface area contributed by atoms with Crippen LogP contribution in [-0.2, 0) is 0 Å². The molecule has 23 heavy (non-hydrogen) atoms. The van der Waals surface area contributed by atoms with Crippen molar-refractivity contribution in [3.05, 3.63) is 41.8 Å².